The number of nitrogens with zero attached hydrogens (tertiary/aromatic N) is 2. The summed E-state index contributed by atoms with van der Waals surface area (Å²) >= 11 is 6.49. The van der Waals surface area contributed by atoms with Crippen LogP contribution < -0.4 is 4.74 Å². The predicted octanol–water partition coefficient (Wildman–Crippen LogP) is 2.98. The van der Waals surface area contributed by atoms with E-state index in [4.69, 9.17) is 21.1 Å². The molecule has 33 heavy (non-hydrogen) atoms. The van der Waals surface area contributed by atoms with E-state index in [9.17, 15) is 15.3 Å². The lowest BCUT2D eigenvalue weighted by atomic mass is 10.0. The van der Waals surface area contributed by atoms with Crippen molar-refractivity contribution in [1.82, 2.24) is 9.55 Å². The van der Waals surface area contributed by atoms with Gasteiger partial charge in [0.05, 0.1) is 24.8 Å². The van der Waals surface area contributed by atoms with Gasteiger partial charge in [-0.2, -0.15) is 0 Å². The van der Waals surface area contributed by atoms with E-state index < -0.39 is 24.4 Å². The Hall–Kier alpha value is -2.86. The summed E-state index contributed by atoms with van der Waals surface area (Å²) in [6.45, 7) is 2.04. The molecule has 2 heterocycles. The maximum Gasteiger partial charge on any atom is 0.150 e. The molecule has 7 nitrogen and oxygen atoms in total. The molecule has 0 unspecified atom stereocenters. The van der Waals surface area contributed by atoms with Gasteiger partial charge in [-0.3, -0.25) is 0 Å². The van der Waals surface area contributed by atoms with Crippen LogP contribution in [0.1, 0.15) is 30.5 Å². The maximum atomic E-state index is 9.84. The summed E-state index contributed by atoms with van der Waals surface area (Å²) in [5.74, 6) is 7.14. The van der Waals surface area contributed by atoms with Gasteiger partial charge in [-0.15, -0.1) is 0 Å². The maximum absolute atomic E-state index is 9.84. The fourth-order valence-electron chi connectivity index (χ4n) is 3.63. The van der Waals surface area contributed by atoms with Crippen LogP contribution in [0.15, 0.2) is 54.9 Å². The Morgan fingerprint density at radius 1 is 1.24 bits per heavy atom. The number of hydrogen-bond acceptors (Lipinski definition) is 6. The molecule has 0 amide bonds. The van der Waals surface area contributed by atoms with Crippen molar-refractivity contribution in [2.75, 3.05) is 19.8 Å². The Balaban J connectivity index is 1.48. The molecule has 0 radical (unpaired) electrons. The lowest BCUT2D eigenvalue weighted by Crippen LogP contribution is -2.29. The zero-order valence-electron chi connectivity index (χ0n) is 18.1. The Morgan fingerprint density at radius 2 is 2.03 bits per heavy atom. The molecular formula is C25H25ClN2O5. The molecular weight excluding hydrogens is 444 g/mol. The summed E-state index contributed by atoms with van der Waals surface area (Å²) in [6, 6.07) is 12.5. The third-order valence-corrected chi connectivity index (χ3v) is 5.70. The lowest BCUT2D eigenvalue weighted by Gasteiger charge is -2.16. The van der Waals surface area contributed by atoms with Crippen LogP contribution in [0.25, 0.3) is 11.1 Å². The summed E-state index contributed by atoms with van der Waals surface area (Å²) < 4.78 is 12.7. The first-order chi connectivity index (χ1) is 16.0. The third kappa shape index (κ3) is 5.38. The fraction of sp³-hybridized carbons (Fsp3) is 0.320. The molecule has 4 rings (SSSR count). The van der Waals surface area contributed by atoms with Gasteiger partial charge in [0.15, 0.2) is 0 Å². The van der Waals surface area contributed by atoms with Crippen LogP contribution in [0, 0.1) is 11.8 Å². The van der Waals surface area contributed by atoms with E-state index in [0.717, 1.165) is 16.7 Å². The molecule has 4 atom stereocenters. The first-order valence-corrected chi connectivity index (χ1v) is 11.0. The smallest absolute Gasteiger partial charge is 0.150 e. The first kappa shape index (κ1) is 23.3. The van der Waals surface area contributed by atoms with Crippen molar-refractivity contribution < 1.29 is 24.8 Å². The van der Waals surface area contributed by atoms with Crippen LogP contribution in [0.2, 0.25) is 5.02 Å². The average molecular weight is 469 g/mol. The molecule has 1 fully saturated rings. The van der Waals surface area contributed by atoms with E-state index >= 15 is 0 Å². The summed E-state index contributed by atoms with van der Waals surface area (Å²) in [4.78, 5) is 4.13. The molecule has 1 aliphatic heterocycles. The summed E-state index contributed by atoms with van der Waals surface area (Å²) in [7, 11) is 0. The van der Waals surface area contributed by atoms with Crippen molar-refractivity contribution in [3.05, 3.63) is 71.3 Å². The highest BCUT2D eigenvalue weighted by Gasteiger charge is 2.28. The largest absolute Gasteiger partial charge is 0.485 e. The number of imidazole rings is 1. The van der Waals surface area contributed by atoms with E-state index in [2.05, 4.69) is 16.8 Å². The average Bonchev–Trinajstić information content (AvgIpc) is 3.45. The van der Waals surface area contributed by atoms with Crippen LogP contribution in [-0.2, 0) is 4.74 Å². The topological polar surface area (TPSA) is 97.0 Å². The van der Waals surface area contributed by atoms with E-state index in [1.54, 1.807) is 30.0 Å². The quantitative estimate of drug-likeness (QED) is 0.481. The highest BCUT2D eigenvalue weighted by atomic mass is 35.5. The van der Waals surface area contributed by atoms with Crippen LogP contribution in [0.4, 0.5) is 0 Å². The minimum Gasteiger partial charge on any atom is -0.485 e. The number of aliphatic hydroxyl groups is 3. The van der Waals surface area contributed by atoms with Gasteiger partial charge in [-0.1, -0.05) is 35.6 Å². The Kier molecular flexibility index (Phi) is 7.33. The molecule has 1 saturated heterocycles. The zero-order valence-corrected chi connectivity index (χ0v) is 18.8. The monoisotopic (exact) mass is 468 g/mol. The summed E-state index contributed by atoms with van der Waals surface area (Å²) in [6.07, 6.45) is 1.47. The zero-order chi connectivity index (χ0) is 23.4. The fourth-order valence-corrected chi connectivity index (χ4v) is 3.91. The van der Waals surface area contributed by atoms with Gasteiger partial charge >= 0.3 is 0 Å². The Bertz CT molecular complexity index is 1150. The van der Waals surface area contributed by atoms with E-state index in [1.165, 1.54) is 0 Å². The molecule has 8 heteroatoms. The summed E-state index contributed by atoms with van der Waals surface area (Å²) in [5, 5.41) is 30.0. The molecule has 3 N–H and O–H groups in total. The minimum absolute atomic E-state index is 0.199. The number of aliphatic hydroxyl groups excluding tert-OH is 3. The second kappa shape index (κ2) is 10.4. The SMILES string of the molecule is C[C@H](O)c1nccn1[C@@H](C#Cc1ccc(-c2ccc(O[C@H]3COC[C@@H]3O)cc2Cl)cc1)CO. The van der Waals surface area contributed by atoms with Crippen molar-refractivity contribution in [2.24, 2.45) is 0 Å². The second-order valence-electron chi connectivity index (χ2n) is 7.82. The second-order valence-corrected chi connectivity index (χ2v) is 8.22. The van der Waals surface area contributed by atoms with Crippen LogP contribution in [0.3, 0.4) is 0 Å². The molecule has 3 aromatic rings. The molecule has 2 aromatic carbocycles. The molecule has 0 spiro atoms. The van der Waals surface area contributed by atoms with Gasteiger partial charge in [0.1, 0.15) is 35.9 Å². The number of halogens is 1. The van der Waals surface area contributed by atoms with Crippen LogP contribution in [0.5, 0.6) is 5.75 Å². The van der Waals surface area contributed by atoms with Gasteiger partial charge in [-0.25, -0.2) is 4.98 Å². The van der Waals surface area contributed by atoms with Gasteiger partial charge < -0.3 is 29.4 Å². The normalized spacial score (nSPS) is 19.5. The van der Waals surface area contributed by atoms with E-state index in [0.29, 0.717) is 23.2 Å². The summed E-state index contributed by atoms with van der Waals surface area (Å²) in [5.41, 5.74) is 2.55. The lowest BCUT2D eigenvalue weighted by molar-refractivity contribution is 0.0734. The van der Waals surface area contributed by atoms with Gasteiger partial charge in [0.2, 0.25) is 0 Å². The van der Waals surface area contributed by atoms with Gasteiger partial charge in [-0.05, 0) is 42.8 Å². The predicted molar refractivity (Wildman–Crippen MR) is 124 cm³/mol. The van der Waals surface area contributed by atoms with Crippen molar-refractivity contribution in [2.45, 2.75) is 31.3 Å². The number of benzene rings is 2. The Labute approximate surface area is 197 Å². The van der Waals surface area contributed by atoms with Gasteiger partial charge in [0, 0.05) is 23.5 Å². The highest BCUT2D eigenvalue weighted by molar-refractivity contribution is 6.33. The highest BCUT2D eigenvalue weighted by Crippen LogP contribution is 2.32. The number of rotatable bonds is 6. The molecule has 0 aliphatic carbocycles. The van der Waals surface area contributed by atoms with Crippen molar-refractivity contribution in [3.8, 4) is 28.7 Å². The Morgan fingerprint density at radius 3 is 2.67 bits per heavy atom. The van der Waals surface area contributed by atoms with Gasteiger partial charge in [0.25, 0.3) is 0 Å². The standard InChI is InChI=1S/C25H25ClN2O5/c1-16(30)25-27-10-11-28(25)19(13-29)7-4-17-2-5-18(6-3-17)21-9-8-20(12-22(21)26)33-24-15-32-14-23(24)31/h2-3,5-6,8-12,16,19,23-24,29-31H,13-15H2,1H3/t16-,19-,23-,24-/m0/s1. The van der Waals surface area contributed by atoms with E-state index in [-0.39, 0.29) is 13.2 Å². The molecule has 172 valence electrons. The number of ether oxygens (including phenoxy) is 2. The first-order valence-electron chi connectivity index (χ1n) is 10.6. The molecule has 0 bridgehead atoms. The van der Waals surface area contributed by atoms with Crippen LogP contribution >= 0.6 is 11.6 Å². The van der Waals surface area contributed by atoms with Crippen molar-refractivity contribution in [1.29, 1.82) is 0 Å². The van der Waals surface area contributed by atoms with Crippen molar-refractivity contribution in [3.63, 3.8) is 0 Å². The van der Waals surface area contributed by atoms with Crippen molar-refractivity contribution >= 4 is 11.6 Å². The molecule has 1 aromatic heterocycles. The van der Waals surface area contributed by atoms with Crippen LogP contribution in [-0.4, -0.2) is 56.9 Å². The number of aromatic nitrogens is 2. The minimum atomic E-state index is -0.756. The number of hydrogen-bond donors (Lipinski definition) is 3. The third-order valence-electron chi connectivity index (χ3n) is 5.39. The molecule has 0 saturated carbocycles. The van der Waals surface area contributed by atoms with E-state index in [1.807, 2.05) is 36.4 Å². The molecule has 1 aliphatic rings.